The van der Waals surface area contributed by atoms with E-state index in [2.05, 4.69) is 63.0 Å². The number of likely N-dealkylation sites (N-methyl/N-ethyl adjacent to an activating group) is 2. The lowest BCUT2D eigenvalue weighted by Crippen LogP contribution is -2.28. The summed E-state index contributed by atoms with van der Waals surface area (Å²) in [6.45, 7) is 6.45. The largest absolute Gasteiger partial charge is 0.373 e. The minimum Gasteiger partial charge on any atom is -0.373 e. The molecule has 15 heavy (non-hydrogen) atoms. The molecule has 0 saturated carbocycles. The van der Waals surface area contributed by atoms with Crippen LogP contribution in [0.2, 0.25) is 0 Å². The molecule has 2 heteroatoms. The van der Waals surface area contributed by atoms with E-state index in [-0.39, 0.29) is 0 Å². The molecule has 1 aromatic carbocycles. The summed E-state index contributed by atoms with van der Waals surface area (Å²) in [5, 5.41) is 0. The van der Waals surface area contributed by atoms with Crippen LogP contribution in [0.1, 0.15) is 11.1 Å². The van der Waals surface area contributed by atoms with Crippen molar-refractivity contribution in [3.05, 3.63) is 29.3 Å². The first-order chi connectivity index (χ1) is 6.99. The van der Waals surface area contributed by atoms with Crippen LogP contribution >= 0.6 is 0 Å². The summed E-state index contributed by atoms with van der Waals surface area (Å²) in [6.07, 6.45) is 0. The van der Waals surface area contributed by atoms with E-state index in [1.807, 2.05) is 0 Å². The summed E-state index contributed by atoms with van der Waals surface area (Å²) in [7, 11) is 6.36. The molecule has 0 N–H and O–H groups in total. The van der Waals surface area contributed by atoms with Gasteiger partial charge in [0, 0.05) is 25.8 Å². The number of rotatable bonds is 4. The Morgan fingerprint density at radius 2 is 1.40 bits per heavy atom. The highest BCUT2D eigenvalue weighted by molar-refractivity contribution is 5.50. The molecular weight excluding hydrogens is 184 g/mol. The van der Waals surface area contributed by atoms with Crippen molar-refractivity contribution in [2.24, 2.45) is 0 Å². The molecule has 0 bridgehead atoms. The number of aryl methyl sites for hydroxylation is 2. The molecule has 0 aromatic heterocycles. The highest BCUT2D eigenvalue weighted by Gasteiger charge is 2.02. The molecule has 1 rings (SSSR count). The first-order valence-corrected chi connectivity index (χ1v) is 5.43. The van der Waals surface area contributed by atoms with Crippen molar-refractivity contribution in [1.82, 2.24) is 4.90 Å². The normalized spacial score (nSPS) is 10.8. The summed E-state index contributed by atoms with van der Waals surface area (Å²) in [6, 6.07) is 6.69. The summed E-state index contributed by atoms with van der Waals surface area (Å²) in [5.74, 6) is 0. The first kappa shape index (κ1) is 12.1. The fourth-order valence-corrected chi connectivity index (χ4v) is 1.65. The zero-order valence-corrected chi connectivity index (χ0v) is 10.5. The molecule has 0 atom stereocenters. The van der Waals surface area contributed by atoms with E-state index >= 15 is 0 Å². The maximum Gasteiger partial charge on any atom is 0.0369 e. The zero-order chi connectivity index (χ0) is 11.4. The van der Waals surface area contributed by atoms with Gasteiger partial charge in [0.25, 0.3) is 0 Å². The number of nitrogens with zero attached hydrogens (tertiary/aromatic N) is 2. The third kappa shape index (κ3) is 3.92. The Kier molecular flexibility index (Phi) is 4.15. The quantitative estimate of drug-likeness (QED) is 0.746. The van der Waals surface area contributed by atoms with Gasteiger partial charge in [0.1, 0.15) is 0 Å². The van der Waals surface area contributed by atoms with Gasteiger partial charge in [0.2, 0.25) is 0 Å². The second-order valence-corrected chi connectivity index (χ2v) is 4.57. The van der Waals surface area contributed by atoms with Gasteiger partial charge < -0.3 is 9.80 Å². The van der Waals surface area contributed by atoms with Gasteiger partial charge in [-0.15, -0.1) is 0 Å². The van der Waals surface area contributed by atoms with E-state index in [0.29, 0.717) is 0 Å². The molecule has 0 fully saturated rings. The Bertz CT molecular complexity index is 298. The van der Waals surface area contributed by atoms with Gasteiger partial charge in [-0.3, -0.25) is 0 Å². The van der Waals surface area contributed by atoms with Crippen molar-refractivity contribution in [2.45, 2.75) is 13.8 Å². The number of hydrogen-bond donors (Lipinski definition) is 0. The standard InChI is InChI=1S/C13H22N2/c1-11-8-12(2)10-13(9-11)15(5)7-6-14(3)4/h8-10H,6-7H2,1-5H3. The van der Waals surface area contributed by atoms with Crippen molar-refractivity contribution in [1.29, 1.82) is 0 Å². The molecule has 0 aliphatic carbocycles. The van der Waals surface area contributed by atoms with Crippen molar-refractivity contribution in [3.8, 4) is 0 Å². The fraction of sp³-hybridized carbons (Fsp3) is 0.538. The van der Waals surface area contributed by atoms with E-state index in [0.717, 1.165) is 13.1 Å². The van der Waals surface area contributed by atoms with Crippen LogP contribution in [0, 0.1) is 13.8 Å². The maximum atomic E-state index is 2.31. The number of benzene rings is 1. The van der Waals surface area contributed by atoms with Gasteiger partial charge in [0.05, 0.1) is 0 Å². The lowest BCUT2D eigenvalue weighted by molar-refractivity contribution is 0.416. The molecule has 84 valence electrons. The van der Waals surface area contributed by atoms with E-state index in [1.165, 1.54) is 16.8 Å². The van der Waals surface area contributed by atoms with Gasteiger partial charge in [-0.1, -0.05) is 6.07 Å². The molecule has 0 saturated heterocycles. The third-order valence-corrected chi connectivity index (χ3v) is 2.53. The highest BCUT2D eigenvalue weighted by atomic mass is 15.1. The minimum absolute atomic E-state index is 1.07. The lowest BCUT2D eigenvalue weighted by Gasteiger charge is -2.22. The topological polar surface area (TPSA) is 6.48 Å². The van der Waals surface area contributed by atoms with E-state index in [4.69, 9.17) is 0 Å². The van der Waals surface area contributed by atoms with Gasteiger partial charge in [0.15, 0.2) is 0 Å². The Morgan fingerprint density at radius 3 is 1.87 bits per heavy atom. The van der Waals surface area contributed by atoms with Gasteiger partial charge >= 0.3 is 0 Å². The van der Waals surface area contributed by atoms with Crippen molar-refractivity contribution < 1.29 is 0 Å². The van der Waals surface area contributed by atoms with Crippen LogP contribution in [0.3, 0.4) is 0 Å². The van der Waals surface area contributed by atoms with E-state index in [1.54, 1.807) is 0 Å². The molecule has 0 aliphatic rings. The zero-order valence-electron chi connectivity index (χ0n) is 10.5. The van der Waals surface area contributed by atoms with E-state index in [9.17, 15) is 0 Å². The van der Waals surface area contributed by atoms with Crippen LogP contribution < -0.4 is 4.90 Å². The number of anilines is 1. The molecular formula is C13H22N2. The fourth-order valence-electron chi connectivity index (χ4n) is 1.65. The predicted octanol–water partition coefficient (Wildman–Crippen LogP) is 2.30. The molecule has 2 nitrogen and oxygen atoms in total. The van der Waals surface area contributed by atoms with Crippen LogP contribution in [0.15, 0.2) is 18.2 Å². The van der Waals surface area contributed by atoms with Gasteiger partial charge in [-0.05, 0) is 51.2 Å². The average Bonchev–Trinajstić information content (AvgIpc) is 2.12. The number of hydrogen-bond acceptors (Lipinski definition) is 2. The van der Waals surface area contributed by atoms with Crippen molar-refractivity contribution >= 4 is 5.69 Å². The average molecular weight is 206 g/mol. The Balaban J connectivity index is 2.68. The van der Waals surface area contributed by atoms with Crippen LogP contribution in [-0.2, 0) is 0 Å². The van der Waals surface area contributed by atoms with Crippen LogP contribution in [0.4, 0.5) is 5.69 Å². The van der Waals surface area contributed by atoms with Crippen LogP contribution in [-0.4, -0.2) is 39.1 Å². The van der Waals surface area contributed by atoms with Gasteiger partial charge in [-0.25, -0.2) is 0 Å². The Labute approximate surface area is 93.5 Å². The molecule has 0 aliphatic heterocycles. The van der Waals surface area contributed by atoms with Crippen LogP contribution in [0.5, 0.6) is 0 Å². The third-order valence-electron chi connectivity index (χ3n) is 2.53. The van der Waals surface area contributed by atoms with Crippen molar-refractivity contribution in [2.75, 3.05) is 39.1 Å². The summed E-state index contributed by atoms with van der Waals surface area (Å²) in [5.41, 5.74) is 3.98. The Morgan fingerprint density at radius 1 is 0.867 bits per heavy atom. The molecule has 1 aromatic rings. The predicted molar refractivity (Wildman–Crippen MR) is 67.7 cm³/mol. The highest BCUT2D eigenvalue weighted by Crippen LogP contribution is 2.17. The lowest BCUT2D eigenvalue weighted by atomic mass is 10.1. The van der Waals surface area contributed by atoms with Crippen LogP contribution in [0.25, 0.3) is 0 Å². The first-order valence-electron chi connectivity index (χ1n) is 5.43. The molecule has 0 heterocycles. The van der Waals surface area contributed by atoms with Crippen molar-refractivity contribution in [3.63, 3.8) is 0 Å². The molecule has 0 amide bonds. The summed E-state index contributed by atoms with van der Waals surface area (Å²) < 4.78 is 0. The van der Waals surface area contributed by atoms with E-state index < -0.39 is 0 Å². The molecule has 0 spiro atoms. The maximum absolute atomic E-state index is 2.31. The second kappa shape index (κ2) is 5.17. The smallest absolute Gasteiger partial charge is 0.0369 e. The summed E-state index contributed by atoms with van der Waals surface area (Å²) in [4.78, 5) is 4.51. The molecule has 0 radical (unpaired) electrons. The minimum atomic E-state index is 1.07. The molecule has 0 unspecified atom stereocenters. The summed E-state index contributed by atoms with van der Waals surface area (Å²) >= 11 is 0. The van der Waals surface area contributed by atoms with Gasteiger partial charge in [-0.2, -0.15) is 0 Å². The second-order valence-electron chi connectivity index (χ2n) is 4.57. The Hall–Kier alpha value is -1.02. The SMILES string of the molecule is Cc1cc(C)cc(N(C)CCN(C)C)c1. The monoisotopic (exact) mass is 206 g/mol.